The van der Waals surface area contributed by atoms with Gasteiger partial charge in [0.25, 0.3) is 0 Å². The van der Waals surface area contributed by atoms with Crippen LogP contribution in [0, 0.1) is 0 Å². The summed E-state index contributed by atoms with van der Waals surface area (Å²) in [6, 6.07) is 0. The second-order valence-electron chi connectivity index (χ2n) is 1.48. The maximum atomic E-state index is 9.97. The molecule has 0 aromatic carbocycles. The summed E-state index contributed by atoms with van der Waals surface area (Å²) in [6.07, 6.45) is 0.266. The van der Waals surface area contributed by atoms with Crippen LogP contribution in [-0.2, 0) is 4.79 Å². The maximum Gasteiger partial charge on any atom is 0.503 e. The maximum absolute atomic E-state index is 9.97. The zero-order chi connectivity index (χ0) is 8.57. The fraction of sp³-hybridized carbons (Fsp3) is 0.333. The molecule has 2 N–H and O–H groups in total. The van der Waals surface area contributed by atoms with Gasteiger partial charge in [0.1, 0.15) is 5.78 Å². The molecule has 0 fully saturated rings. The average Bonchev–Trinajstić information content (AvgIpc) is 1.62. The van der Waals surface area contributed by atoms with Crippen molar-refractivity contribution in [2.75, 3.05) is 0 Å². The van der Waals surface area contributed by atoms with Crippen LogP contribution < -0.4 is 0 Å². The van der Waals surface area contributed by atoms with E-state index in [-0.39, 0.29) is 5.78 Å². The molecule has 0 amide bonds. The van der Waals surface area contributed by atoms with Crippen LogP contribution in [0.3, 0.4) is 0 Å². The fourth-order valence-electron chi connectivity index (χ4n) is 0.203. The van der Waals surface area contributed by atoms with Crippen molar-refractivity contribution in [1.82, 2.24) is 0 Å². The minimum absolute atomic E-state index is 0.171. The van der Waals surface area contributed by atoms with E-state index in [1.165, 1.54) is 0 Å². The Morgan fingerprint density at radius 3 is 1.80 bits per heavy atom. The lowest BCUT2D eigenvalue weighted by Crippen LogP contribution is -1.81. The van der Waals surface area contributed by atoms with E-state index >= 15 is 0 Å². The highest BCUT2D eigenvalue weighted by Crippen LogP contribution is 1.77. The van der Waals surface area contributed by atoms with Gasteiger partial charge in [0, 0.05) is 6.42 Å². The summed E-state index contributed by atoms with van der Waals surface area (Å²) in [7, 11) is 0. The van der Waals surface area contributed by atoms with Crippen molar-refractivity contribution in [2.24, 2.45) is 0 Å². The van der Waals surface area contributed by atoms with Crippen LogP contribution >= 0.6 is 0 Å². The third-order valence-electron chi connectivity index (χ3n) is 0.432. The van der Waals surface area contributed by atoms with Crippen molar-refractivity contribution in [2.45, 2.75) is 13.3 Å². The van der Waals surface area contributed by atoms with E-state index in [9.17, 15) is 4.79 Å². The molecular formula is C6H10O4. The second kappa shape index (κ2) is 7.68. The number of allylic oxidation sites excluding steroid dienone is 1. The standard InChI is InChI=1S/C5H8O.CH2O3/c1-3-4-5(2)6;2-1(3)4/h3H,1,4H2,2H3;(H2,2,3,4). The molecule has 0 saturated heterocycles. The molecular weight excluding hydrogens is 136 g/mol. The average molecular weight is 146 g/mol. The zero-order valence-electron chi connectivity index (χ0n) is 5.70. The molecule has 0 aromatic heterocycles. The Morgan fingerprint density at radius 2 is 1.80 bits per heavy atom. The molecule has 58 valence electrons. The Bertz CT molecular complexity index is 124. The number of ketones is 1. The minimum atomic E-state index is -1.83. The van der Waals surface area contributed by atoms with Gasteiger partial charge in [0.05, 0.1) is 0 Å². The van der Waals surface area contributed by atoms with E-state index in [4.69, 9.17) is 15.0 Å². The first kappa shape index (κ1) is 11.5. The smallest absolute Gasteiger partial charge is 0.450 e. The molecule has 0 radical (unpaired) electrons. The molecule has 0 aliphatic carbocycles. The molecule has 4 heteroatoms. The van der Waals surface area contributed by atoms with Crippen LogP contribution in [0.2, 0.25) is 0 Å². The van der Waals surface area contributed by atoms with Crippen molar-refractivity contribution in [1.29, 1.82) is 0 Å². The lowest BCUT2D eigenvalue weighted by atomic mass is 10.3. The van der Waals surface area contributed by atoms with E-state index in [0.717, 1.165) is 0 Å². The number of carboxylic acid groups (broad SMARTS) is 2. The van der Waals surface area contributed by atoms with Gasteiger partial charge in [-0.15, -0.1) is 6.58 Å². The first-order valence-corrected chi connectivity index (χ1v) is 2.53. The van der Waals surface area contributed by atoms with Crippen molar-refractivity contribution < 1.29 is 19.8 Å². The van der Waals surface area contributed by atoms with Crippen LogP contribution in [0.5, 0.6) is 0 Å². The predicted molar refractivity (Wildman–Crippen MR) is 36.1 cm³/mol. The van der Waals surface area contributed by atoms with Gasteiger partial charge in [-0.3, -0.25) is 4.79 Å². The topological polar surface area (TPSA) is 74.6 Å². The van der Waals surface area contributed by atoms with Gasteiger partial charge in [0.15, 0.2) is 0 Å². The molecule has 0 aromatic rings. The van der Waals surface area contributed by atoms with E-state index in [1.54, 1.807) is 13.0 Å². The molecule has 0 rings (SSSR count). The molecule has 0 bridgehead atoms. The summed E-state index contributed by atoms with van der Waals surface area (Å²) in [4.78, 5) is 18.5. The van der Waals surface area contributed by atoms with Crippen molar-refractivity contribution in [3.05, 3.63) is 12.7 Å². The normalized spacial score (nSPS) is 6.90. The van der Waals surface area contributed by atoms with E-state index < -0.39 is 6.16 Å². The third-order valence-corrected chi connectivity index (χ3v) is 0.432. The molecule has 0 atom stereocenters. The molecule has 0 saturated carbocycles. The fourth-order valence-corrected chi connectivity index (χ4v) is 0.203. The van der Waals surface area contributed by atoms with E-state index in [2.05, 4.69) is 6.58 Å². The SMILES string of the molecule is C=CCC(C)=O.O=C(O)O. The first-order chi connectivity index (χ1) is 4.50. The summed E-state index contributed by atoms with van der Waals surface area (Å²) in [5, 5.41) is 13.9. The van der Waals surface area contributed by atoms with Crippen LogP contribution in [0.25, 0.3) is 0 Å². The van der Waals surface area contributed by atoms with Crippen LogP contribution in [0.1, 0.15) is 13.3 Å². The largest absolute Gasteiger partial charge is 0.503 e. The molecule has 10 heavy (non-hydrogen) atoms. The molecule has 4 nitrogen and oxygen atoms in total. The third kappa shape index (κ3) is 76.4. The van der Waals surface area contributed by atoms with Gasteiger partial charge in [0.2, 0.25) is 0 Å². The predicted octanol–water partition coefficient (Wildman–Crippen LogP) is 1.37. The second-order valence-corrected chi connectivity index (χ2v) is 1.48. The quantitative estimate of drug-likeness (QED) is 0.577. The lowest BCUT2D eigenvalue weighted by Gasteiger charge is -1.75. The van der Waals surface area contributed by atoms with Gasteiger partial charge in [-0.1, -0.05) is 6.08 Å². The number of hydrogen-bond donors (Lipinski definition) is 2. The summed E-state index contributed by atoms with van der Waals surface area (Å²) < 4.78 is 0. The van der Waals surface area contributed by atoms with Gasteiger partial charge in [-0.2, -0.15) is 0 Å². The number of carbonyl (C=O) groups excluding carboxylic acids is 1. The van der Waals surface area contributed by atoms with Crippen molar-refractivity contribution in [3.8, 4) is 0 Å². The Kier molecular flexibility index (Phi) is 8.81. The number of rotatable bonds is 2. The number of carbonyl (C=O) groups is 2. The Morgan fingerprint density at radius 1 is 1.50 bits per heavy atom. The van der Waals surface area contributed by atoms with Gasteiger partial charge in [-0.05, 0) is 6.92 Å². The van der Waals surface area contributed by atoms with Crippen molar-refractivity contribution >= 4 is 11.9 Å². The lowest BCUT2D eigenvalue weighted by molar-refractivity contribution is -0.116. The summed E-state index contributed by atoms with van der Waals surface area (Å²) >= 11 is 0. The Balaban J connectivity index is 0. The summed E-state index contributed by atoms with van der Waals surface area (Å²) in [5.74, 6) is 0.171. The highest BCUT2D eigenvalue weighted by molar-refractivity contribution is 5.76. The highest BCUT2D eigenvalue weighted by Gasteiger charge is 1.80. The monoisotopic (exact) mass is 146 g/mol. The zero-order valence-corrected chi connectivity index (χ0v) is 5.70. The van der Waals surface area contributed by atoms with Crippen LogP contribution in [-0.4, -0.2) is 22.2 Å². The van der Waals surface area contributed by atoms with Crippen LogP contribution in [0.15, 0.2) is 12.7 Å². The van der Waals surface area contributed by atoms with E-state index in [0.29, 0.717) is 6.42 Å². The molecule has 0 spiro atoms. The minimum Gasteiger partial charge on any atom is -0.450 e. The Labute approximate surface area is 58.8 Å². The van der Waals surface area contributed by atoms with E-state index in [1.807, 2.05) is 0 Å². The van der Waals surface area contributed by atoms with Gasteiger partial charge >= 0.3 is 6.16 Å². The molecule has 0 aliphatic heterocycles. The molecule has 0 unspecified atom stereocenters. The molecule has 0 heterocycles. The van der Waals surface area contributed by atoms with Gasteiger partial charge < -0.3 is 10.2 Å². The number of hydrogen-bond acceptors (Lipinski definition) is 2. The number of Topliss-reactive ketones (excluding diaryl/α,β-unsaturated/α-hetero) is 1. The van der Waals surface area contributed by atoms with Crippen molar-refractivity contribution in [3.63, 3.8) is 0 Å². The summed E-state index contributed by atoms with van der Waals surface area (Å²) in [5.41, 5.74) is 0. The Hall–Kier alpha value is -1.32. The highest BCUT2D eigenvalue weighted by atomic mass is 16.6. The summed E-state index contributed by atoms with van der Waals surface area (Å²) in [6.45, 7) is 4.92. The van der Waals surface area contributed by atoms with Crippen LogP contribution in [0.4, 0.5) is 4.79 Å². The van der Waals surface area contributed by atoms with Gasteiger partial charge in [-0.25, -0.2) is 4.79 Å². The first-order valence-electron chi connectivity index (χ1n) is 2.53. The molecule has 0 aliphatic rings.